The van der Waals surface area contributed by atoms with E-state index in [1.54, 1.807) is 0 Å². The van der Waals surface area contributed by atoms with Gasteiger partial charge in [0.25, 0.3) is 0 Å². The number of alkyl halides is 3. The average molecular weight is 278 g/mol. The zero-order valence-electron chi connectivity index (χ0n) is 10.9. The smallest absolute Gasteiger partial charge is 0.377 e. The van der Waals surface area contributed by atoms with E-state index in [1.807, 2.05) is 13.8 Å². The summed E-state index contributed by atoms with van der Waals surface area (Å²) in [5.41, 5.74) is 4.11. The van der Waals surface area contributed by atoms with E-state index in [-0.39, 0.29) is 5.69 Å². The van der Waals surface area contributed by atoms with Crippen molar-refractivity contribution in [2.24, 2.45) is 5.73 Å². The van der Waals surface area contributed by atoms with Crippen LogP contribution in [0.3, 0.4) is 0 Å². The highest BCUT2D eigenvalue weighted by molar-refractivity contribution is 5.48. The van der Waals surface area contributed by atoms with Crippen molar-refractivity contribution in [3.8, 4) is 0 Å². The molecule has 2 nitrogen and oxygen atoms in total. The molecule has 19 heavy (non-hydrogen) atoms. The van der Waals surface area contributed by atoms with Gasteiger partial charge in [-0.2, -0.15) is 13.2 Å². The van der Waals surface area contributed by atoms with Gasteiger partial charge in [0.15, 0.2) is 0 Å². The topological polar surface area (TPSA) is 38.0 Å². The number of nitrogens with two attached hydrogens (primary N) is 1. The zero-order valence-corrected chi connectivity index (χ0v) is 10.9. The van der Waals surface area contributed by atoms with E-state index in [0.717, 1.165) is 12.1 Å². The first kappa shape index (κ1) is 15.8. The van der Waals surface area contributed by atoms with Crippen LogP contribution in [0, 0.1) is 5.82 Å². The van der Waals surface area contributed by atoms with Crippen LogP contribution in [-0.2, 0) is 6.18 Å². The molecule has 1 atom stereocenters. The Balaban J connectivity index is 2.97. The molecule has 1 rings (SSSR count). The molecule has 0 heterocycles. The van der Waals surface area contributed by atoms with Crippen LogP contribution in [0.1, 0.15) is 32.3 Å². The van der Waals surface area contributed by atoms with Crippen molar-refractivity contribution in [1.82, 2.24) is 0 Å². The fourth-order valence-electron chi connectivity index (χ4n) is 1.76. The molecule has 1 aromatic carbocycles. The molecule has 6 heteroatoms. The van der Waals surface area contributed by atoms with Gasteiger partial charge in [-0.05, 0) is 44.5 Å². The molecule has 0 bridgehead atoms. The fraction of sp³-hybridized carbons (Fsp3) is 0.538. The standard InChI is InChI=1S/C13H18F4N2/c1-3-12(2,6-7-18)19-11-5-4-9(8-10(11)14)13(15,16)17/h4-5,8,19H,3,6-7,18H2,1-2H3. The Morgan fingerprint density at radius 3 is 2.32 bits per heavy atom. The number of hydrogen-bond acceptors (Lipinski definition) is 2. The minimum atomic E-state index is -4.54. The second-order valence-corrected chi connectivity index (χ2v) is 4.77. The summed E-state index contributed by atoms with van der Waals surface area (Å²) in [5, 5.41) is 2.93. The average Bonchev–Trinajstić information content (AvgIpc) is 2.31. The van der Waals surface area contributed by atoms with Crippen LogP contribution in [0.25, 0.3) is 0 Å². The molecule has 0 amide bonds. The quantitative estimate of drug-likeness (QED) is 0.804. The number of benzene rings is 1. The van der Waals surface area contributed by atoms with Crippen molar-refractivity contribution in [3.05, 3.63) is 29.6 Å². The molecule has 3 N–H and O–H groups in total. The summed E-state index contributed by atoms with van der Waals surface area (Å²) in [6.45, 7) is 4.18. The molecule has 0 radical (unpaired) electrons. The van der Waals surface area contributed by atoms with Crippen LogP contribution >= 0.6 is 0 Å². The molecular formula is C13H18F4N2. The zero-order chi connectivity index (χ0) is 14.7. The first-order valence-corrected chi connectivity index (χ1v) is 6.07. The molecule has 0 aliphatic rings. The van der Waals surface area contributed by atoms with Gasteiger partial charge in [-0.15, -0.1) is 0 Å². The van der Waals surface area contributed by atoms with E-state index >= 15 is 0 Å². The molecule has 0 fully saturated rings. The highest BCUT2D eigenvalue weighted by Gasteiger charge is 2.31. The van der Waals surface area contributed by atoms with Gasteiger partial charge in [-0.1, -0.05) is 6.92 Å². The van der Waals surface area contributed by atoms with Crippen LogP contribution in [0.4, 0.5) is 23.2 Å². The first-order valence-electron chi connectivity index (χ1n) is 6.07. The van der Waals surface area contributed by atoms with Gasteiger partial charge in [0.1, 0.15) is 5.82 Å². The summed E-state index contributed by atoms with van der Waals surface area (Å²) < 4.78 is 51.0. The van der Waals surface area contributed by atoms with Crippen LogP contribution in [-0.4, -0.2) is 12.1 Å². The molecular weight excluding hydrogens is 260 g/mol. The maximum Gasteiger partial charge on any atom is 0.416 e. The summed E-state index contributed by atoms with van der Waals surface area (Å²) in [6, 6.07) is 2.48. The predicted molar refractivity (Wildman–Crippen MR) is 67.4 cm³/mol. The summed E-state index contributed by atoms with van der Waals surface area (Å²) in [5.74, 6) is -0.911. The molecule has 0 saturated carbocycles. The lowest BCUT2D eigenvalue weighted by Gasteiger charge is -2.30. The third-order valence-corrected chi connectivity index (χ3v) is 3.21. The second-order valence-electron chi connectivity index (χ2n) is 4.77. The van der Waals surface area contributed by atoms with E-state index in [0.29, 0.717) is 25.5 Å². The molecule has 0 saturated heterocycles. The van der Waals surface area contributed by atoms with Crippen LogP contribution < -0.4 is 11.1 Å². The third kappa shape index (κ3) is 4.09. The fourth-order valence-corrected chi connectivity index (χ4v) is 1.76. The number of hydrogen-bond donors (Lipinski definition) is 2. The molecule has 0 aliphatic heterocycles. The Morgan fingerprint density at radius 2 is 1.89 bits per heavy atom. The van der Waals surface area contributed by atoms with Gasteiger partial charge in [0, 0.05) is 5.54 Å². The monoisotopic (exact) mass is 278 g/mol. The molecule has 0 aliphatic carbocycles. The van der Waals surface area contributed by atoms with Gasteiger partial charge in [-0.3, -0.25) is 0 Å². The van der Waals surface area contributed by atoms with Crippen LogP contribution in [0.15, 0.2) is 18.2 Å². The second kappa shape index (κ2) is 5.77. The maximum atomic E-state index is 13.7. The third-order valence-electron chi connectivity index (χ3n) is 3.21. The van der Waals surface area contributed by atoms with Crippen molar-refractivity contribution in [2.45, 2.75) is 38.4 Å². The first-order chi connectivity index (χ1) is 8.72. The summed E-state index contributed by atoms with van der Waals surface area (Å²) in [7, 11) is 0. The molecule has 1 unspecified atom stereocenters. The molecule has 1 aromatic rings. The van der Waals surface area contributed by atoms with Crippen molar-refractivity contribution in [3.63, 3.8) is 0 Å². The largest absolute Gasteiger partial charge is 0.416 e. The summed E-state index contributed by atoms with van der Waals surface area (Å²) >= 11 is 0. The van der Waals surface area contributed by atoms with E-state index in [2.05, 4.69) is 5.32 Å². The SMILES string of the molecule is CCC(C)(CCN)Nc1ccc(C(F)(F)F)cc1F. The maximum absolute atomic E-state index is 13.7. The summed E-state index contributed by atoms with van der Waals surface area (Å²) in [4.78, 5) is 0. The van der Waals surface area contributed by atoms with Gasteiger partial charge in [-0.25, -0.2) is 4.39 Å². The van der Waals surface area contributed by atoms with E-state index in [1.165, 1.54) is 0 Å². The molecule has 0 aromatic heterocycles. The van der Waals surface area contributed by atoms with Gasteiger partial charge < -0.3 is 11.1 Å². The van der Waals surface area contributed by atoms with Crippen molar-refractivity contribution in [2.75, 3.05) is 11.9 Å². The van der Waals surface area contributed by atoms with E-state index < -0.39 is 23.1 Å². The Labute approximate surface area is 110 Å². The molecule has 108 valence electrons. The number of halogens is 4. The number of rotatable bonds is 5. The lowest BCUT2D eigenvalue weighted by atomic mass is 9.94. The van der Waals surface area contributed by atoms with Gasteiger partial charge >= 0.3 is 6.18 Å². The molecule has 0 spiro atoms. The Hall–Kier alpha value is -1.30. The normalized spacial score (nSPS) is 15.1. The van der Waals surface area contributed by atoms with Crippen molar-refractivity contribution in [1.29, 1.82) is 0 Å². The minimum absolute atomic E-state index is 0.0609. The Bertz CT molecular complexity index is 431. The minimum Gasteiger partial charge on any atom is -0.377 e. The van der Waals surface area contributed by atoms with Crippen LogP contribution in [0.2, 0.25) is 0 Å². The Morgan fingerprint density at radius 1 is 1.26 bits per heavy atom. The van der Waals surface area contributed by atoms with Crippen molar-refractivity contribution >= 4 is 5.69 Å². The van der Waals surface area contributed by atoms with Crippen LogP contribution in [0.5, 0.6) is 0 Å². The van der Waals surface area contributed by atoms with Gasteiger partial charge in [0.2, 0.25) is 0 Å². The summed E-state index contributed by atoms with van der Waals surface area (Å²) in [6.07, 6.45) is -3.25. The van der Waals surface area contributed by atoms with E-state index in [9.17, 15) is 17.6 Å². The predicted octanol–water partition coefficient (Wildman–Crippen LogP) is 3.77. The number of nitrogens with one attached hydrogen (secondary N) is 1. The van der Waals surface area contributed by atoms with Crippen molar-refractivity contribution < 1.29 is 17.6 Å². The van der Waals surface area contributed by atoms with Gasteiger partial charge in [0.05, 0.1) is 11.3 Å². The number of anilines is 1. The lowest BCUT2D eigenvalue weighted by molar-refractivity contribution is -0.137. The highest BCUT2D eigenvalue weighted by atomic mass is 19.4. The lowest BCUT2D eigenvalue weighted by Crippen LogP contribution is -2.36. The highest BCUT2D eigenvalue weighted by Crippen LogP contribution is 2.32. The van der Waals surface area contributed by atoms with E-state index in [4.69, 9.17) is 5.73 Å². The Kier molecular flexibility index (Phi) is 4.79.